The van der Waals surface area contributed by atoms with Crippen molar-refractivity contribution < 1.29 is 0 Å². The molecule has 0 radical (unpaired) electrons. The van der Waals surface area contributed by atoms with Gasteiger partial charge in [-0.3, -0.25) is 0 Å². The van der Waals surface area contributed by atoms with Crippen LogP contribution >= 0.6 is 0 Å². The van der Waals surface area contributed by atoms with Crippen molar-refractivity contribution in [3.8, 4) is 0 Å². The smallest absolute Gasteiger partial charge is 0.0326 e. The number of hydrogen-bond donors (Lipinski definition) is 1. The minimum Gasteiger partial charge on any atom is -0.399 e. The first-order chi connectivity index (χ1) is 11.3. The summed E-state index contributed by atoms with van der Waals surface area (Å²) in [6.07, 6.45) is 1.05. The van der Waals surface area contributed by atoms with Gasteiger partial charge in [0, 0.05) is 5.69 Å². The molecule has 0 aliphatic heterocycles. The molecule has 0 saturated carbocycles. The second-order valence-corrected chi connectivity index (χ2v) is 6.37. The molecule has 1 heteroatoms. The van der Waals surface area contributed by atoms with Gasteiger partial charge in [-0.2, -0.15) is 0 Å². The van der Waals surface area contributed by atoms with Gasteiger partial charge in [-0.05, 0) is 67.2 Å². The molecule has 23 heavy (non-hydrogen) atoms. The molecule has 110 valence electrons. The van der Waals surface area contributed by atoms with Crippen LogP contribution in [0.5, 0.6) is 0 Å². The van der Waals surface area contributed by atoms with Gasteiger partial charge in [-0.15, -0.1) is 0 Å². The standard InChI is InChI=1S/C22H17N/c1-2-13-9-14-5-3-8-18-20-12-16(23)11-15-6-4-7-17(22(15)20)19(10-13)21(14)18/h3-12H,2,23H2,1H3. The van der Waals surface area contributed by atoms with E-state index in [1.54, 1.807) is 0 Å². The summed E-state index contributed by atoms with van der Waals surface area (Å²) in [5.74, 6) is 0. The maximum Gasteiger partial charge on any atom is 0.0326 e. The predicted molar refractivity (Wildman–Crippen MR) is 101 cm³/mol. The van der Waals surface area contributed by atoms with Crippen LogP contribution in [-0.2, 0) is 6.42 Å². The van der Waals surface area contributed by atoms with E-state index in [0.717, 1.165) is 12.1 Å². The molecule has 0 aromatic heterocycles. The Morgan fingerprint density at radius 1 is 0.696 bits per heavy atom. The summed E-state index contributed by atoms with van der Waals surface area (Å²) in [5, 5.41) is 10.5. The number of aryl methyl sites for hydroxylation is 1. The van der Waals surface area contributed by atoms with Crippen molar-refractivity contribution in [2.24, 2.45) is 0 Å². The lowest BCUT2D eigenvalue weighted by atomic mass is 9.88. The average Bonchev–Trinajstić information content (AvgIpc) is 2.58. The zero-order chi connectivity index (χ0) is 15.6. The molecule has 2 N–H and O–H groups in total. The quantitative estimate of drug-likeness (QED) is 0.233. The van der Waals surface area contributed by atoms with Gasteiger partial charge in [-0.25, -0.2) is 0 Å². The van der Waals surface area contributed by atoms with E-state index in [2.05, 4.69) is 67.6 Å². The third-order valence-corrected chi connectivity index (χ3v) is 5.02. The SMILES string of the molecule is CCc1cc2cccc3c4cc(N)cc5cccc(c(c1)c23)c54. The van der Waals surface area contributed by atoms with Crippen molar-refractivity contribution in [1.29, 1.82) is 0 Å². The summed E-state index contributed by atoms with van der Waals surface area (Å²) in [4.78, 5) is 0. The van der Waals surface area contributed by atoms with Crippen LogP contribution in [0.4, 0.5) is 5.69 Å². The highest BCUT2D eigenvalue weighted by Crippen LogP contribution is 2.41. The van der Waals surface area contributed by atoms with Crippen LogP contribution in [0.25, 0.3) is 43.1 Å². The minimum absolute atomic E-state index is 0.829. The number of benzene rings is 5. The Labute approximate surface area is 134 Å². The third kappa shape index (κ3) is 1.62. The Bertz CT molecular complexity index is 1200. The van der Waals surface area contributed by atoms with Gasteiger partial charge >= 0.3 is 0 Å². The fourth-order valence-corrected chi connectivity index (χ4v) is 4.02. The number of nitrogen functional groups attached to an aromatic ring is 1. The average molecular weight is 295 g/mol. The van der Waals surface area contributed by atoms with E-state index in [-0.39, 0.29) is 0 Å². The Morgan fingerprint density at radius 2 is 1.30 bits per heavy atom. The highest BCUT2D eigenvalue weighted by molar-refractivity contribution is 6.33. The van der Waals surface area contributed by atoms with Crippen LogP contribution in [0, 0.1) is 0 Å². The van der Waals surface area contributed by atoms with Gasteiger partial charge in [0.15, 0.2) is 0 Å². The van der Waals surface area contributed by atoms with Crippen molar-refractivity contribution in [2.75, 3.05) is 5.73 Å². The Balaban J connectivity index is 2.22. The summed E-state index contributed by atoms with van der Waals surface area (Å²) in [6.45, 7) is 2.22. The first kappa shape index (κ1) is 12.7. The first-order valence-electron chi connectivity index (χ1n) is 8.15. The minimum atomic E-state index is 0.829. The molecule has 0 atom stereocenters. The molecular formula is C22H17N. The second-order valence-electron chi connectivity index (χ2n) is 6.37. The molecule has 0 amide bonds. The lowest BCUT2D eigenvalue weighted by molar-refractivity contribution is 1.15. The Hall–Kier alpha value is -2.80. The van der Waals surface area contributed by atoms with E-state index in [1.165, 1.54) is 48.7 Å². The summed E-state index contributed by atoms with van der Waals surface area (Å²) < 4.78 is 0. The fourth-order valence-electron chi connectivity index (χ4n) is 4.02. The largest absolute Gasteiger partial charge is 0.399 e. The van der Waals surface area contributed by atoms with Crippen LogP contribution < -0.4 is 5.73 Å². The molecule has 0 aliphatic carbocycles. The maximum atomic E-state index is 6.17. The predicted octanol–water partition coefficient (Wildman–Crippen LogP) is 5.88. The van der Waals surface area contributed by atoms with E-state index >= 15 is 0 Å². The van der Waals surface area contributed by atoms with Crippen LogP contribution in [-0.4, -0.2) is 0 Å². The van der Waals surface area contributed by atoms with Gasteiger partial charge in [0.2, 0.25) is 0 Å². The van der Waals surface area contributed by atoms with E-state index in [4.69, 9.17) is 5.73 Å². The zero-order valence-corrected chi connectivity index (χ0v) is 13.1. The van der Waals surface area contributed by atoms with Gasteiger partial charge < -0.3 is 5.73 Å². The molecular weight excluding hydrogens is 278 g/mol. The van der Waals surface area contributed by atoms with E-state index in [9.17, 15) is 0 Å². The monoisotopic (exact) mass is 295 g/mol. The molecule has 0 saturated heterocycles. The summed E-state index contributed by atoms with van der Waals surface area (Å²) in [5.41, 5.74) is 8.39. The Kier molecular flexibility index (Phi) is 2.41. The normalized spacial score (nSPS) is 12.0. The van der Waals surface area contributed by atoms with E-state index in [1.807, 2.05) is 0 Å². The lowest BCUT2D eigenvalue weighted by Crippen LogP contribution is -1.91. The summed E-state index contributed by atoms with van der Waals surface area (Å²) >= 11 is 0. The molecule has 0 aliphatic rings. The van der Waals surface area contributed by atoms with Gasteiger partial charge in [0.05, 0.1) is 0 Å². The molecule has 5 rings (SSSR count). The van der Waals surface area contributed by atoms with Crippen molar-refractivity contribution in [1.82, 2.24) is 0 Å². The maximum absolute atomic E-state index is 6.17. The van der Waals surface area contributed by atoms with E-state index < -0.39 is 0 Å². The highest BCUT2D eigenvalue weighted by atomic mass is 14.5. The van der Waals surface area contributed by atoms with Crippen LogP contribution in [0.1, 0.15) is 12.5 Å². The summed E-state index contributed by atoms with van der Waals surface area (Å²) in [7, 11) is 0. The molecule has 0 unspecified atom stereocenters. The van der Waals surface area contributed by atoms with Crippen LogP contribution in [0.3, 0.4) is 0 Å². The van der Waals surface area contributed by atoms with Crippen molar-refractivity contribution in [3.63, 3.8) is 0 Å². The molecule has 0 spiro atoms. The van der Waals surface area contributed by atoms with Crippen LogP contribution in [0.15, 0.2) is 60.7 Å². The highest BCUT2D eigenvalue weighted by Gasteiger charge is 2.13. The number of anilines is 1. The van der Waals surface area contributed by atoms with Crippen molar-refractivity contribution in [2.45, 2.75) is 13.3 Å². The van der Waals surface area contributed by atoms with E-state index in [0.29, 0.717) is 0 Å². The second kappa shape index (κ2) is 4.36. The van der Waals surface area contributed by atoms with Gasteiger partial charge in [-0.1, -0.05) is 55.5 Å². The topological polar surface area (TPSA) is 26.0 Å². The first-order valence-corrected chi connectivity index (χ1v) is 8.15. The summed E-state index contributed by atoms with van der Waals surface area (Å²) in [6, 6.07) is 22.0. The number of fused-ring (bicyclic) bond motifs is 2. The van der Waals surface area contributed by atoms with Gasteiger partial charge in [0.1, 0.15) is 0 Å². The van der Waals surface area contributed by atoms with Crippen molar-refractivity contribution >= 4 is 48.8 Å². The molecule has 5 aromatic carbocycles. The molecule has 0 bridgehead atoms. The lowest BCUT2D eigenvalue weighted by Gasteiger charge is -2.16. The zero-order valence-electron chi connectivity index (χ0n) is 13.1. The number of nitrogens with two attached hydrogens (primary N) is 1. The van der Waals surface area contributed by atoms with Crippen molar-refractivity contribution in [3.05, 3.63) is 66.2 Å². The van der Waals surface area contributed by atoms with Gasteiger partial charge in [0.25, 0.3) is 0 Å². The number of hydrogen-bond acceptors (Lipinski definition) is 1. The van der Waals surface area contributed by atoms with Crippen LogP contribution in [0.2, 0.25) is 0 Å². The molecule has 0 fully saturated rings. The number of rotatable bonds is 1. The fraction of sp³-hybridized carbons (Fsp3) is 0.0909. The molecule has 5 aromatic rings. The third-order valence-electron chi connectivity index (χ3n) is 5.02. The molecule has 1 nitrogen and oxygen atoms in total. The molecule has 0 heterocycles. The Morgan fingerprint density at radius 3 is 1.96 bits per heavy atom.